The second-order valence-electron chi connectivity index (χ2n) is 3.47. The molecular weight excluding hydrogens is 184 g/mol. The molecule has 0 radical (unpaired) electrons. The van der Waals surface area contributed by atoms with Crippen LogP contribution < -0.4 is 10.5 Å². The zero-order valence-corrected chi connectivity index (χ0v) is 7.80. The van der Waals surface area contributed by atoms with Gasteiger partial charge in [-0.2, -0.15) is 4.73 Å². The fourth-order valence-corrected chi connectivity index (χ4v) is 1.06. The SMILES string of the molecule is CC(N)(Cc1cc[n+]([O-])cc1)C(=O)O. The Hall–Kier alpha value is -1.62. The average molecular weight is 196 g/mol. The van der Waals surface area contributed by atoms with Crippen LogP contribution in [0.2, 0.25) is 0 Å². The van der Waals surface area contributed by atoms with E-state index in [4.69, 9.17) is 10.8 Å². The summed E-state index contributed by atoms with van der Waals surface area (Å²) in [6, 6.07) is 3.11. The molecule has 0 bridgehead atoms. The summed E-state index contributed by atoms with van der Waals surface area (Å²) in [6.07, 6.45) is 2.82. The third-order valence-electron chi connectivity index (χ3n) is 1.93. The van der Waals surface area contributed by atoms with Crippen LogP contribution in [-0.4, -0.2) is 16.6 Å². The highest BCUT2D eigenvalue weighted by atomic mass is 16.5. The highest BCUT2D eigenvalue weighted by molar-refractivity contribution is 5.78. The normalized spacial score (nSPS) is 14.7. The Bertz CT molecular complexity index is 332. The maximum atomic E-state index is 10.7. The molecule has 0 amide bonds. The van der Waals surface area contributed by atoms with Crippen molar-refractivity contribution in [3.05, 3.63) is 35.3 Å². The molecule has 1 atom stereocenters. The quantitative estimate of drug-likeness (QED) is 0.511. The minimum absolute atomic E-state index is 0.198. The summed E-state index contributed by atoms with van der Waals surface area (Å²) in [4.78, 5) is 10.7. The van der Waals surface area contributed by atoms with Gasteiger partial charge in [-0.3, -0.25) is 4.79 Å². The third-order valence-corrected chi connectivity index (χ3v) is 1.93. The number of rotatable bonds is 3. The molecule has 1 unspecified atom stereocenters. The first-order valence-electron chi connectivity index (χ1n) is 4.12. The van der Waals surface area contributed by atoms with E-state index >= 15 is 0 Å². The Morgan fingerprint density at radius 3 is 2.57 bits per heavy atom. The van der Waals surface area contributed by atoms with Crippen LogP contribution in [-0.2, 0) is 11.2 Å². The summed E-state index contributed by atoms with van der Waals surface area (Å²) >= 11 is 0. The molecule has 0 aliphatic heterocycles. The number of pyridine rings is 1. The molecule has 14 heavy (non-hydrogen) atoms. The summed E-state index contributed by atoms with van der Waals surface area (Å²) in [5, 5.41) is 19.5. The van der Waals surface area contributed by atoms with E-state index in [-0.39, 0.29) is 6.42 Å². The van der Waals surface area contributed by atoms with Crippen molar-refractivity contribution in [2.24, 2.45) is 5.73 Å². The van der Waals surface area contributed by atoms with E-state index in [2.05, 4.69) is 0 Å². The Morgan fingerprint density at radius 1 is 1.64 bits per heavy atom. The number of aromatic nitrogens is 1. The summed E-state index contributed by atoms with van der Waals surface area (Å²) in [6.45, 7) is 1.44. The lowest BCUT2D eigenvalue weighted by molar-refractivity contribution is -0.605. The number of hydrogen-bond acceptors (Lipinski definition) is 3. The maximum Gasteiger partial charge on any atom is 0.323 e. The Morgan fingerprint density at radius 2 is 2.14 bits per heavy atom. The molecule has 0 aliphatic carbocycles. The van der Waals surface area contributed by atoms with Gasteiger partial charge in [0.1, 0.15) is 5.54 Å². The van der Waals surface area contributed by atoms with E-state index in [0.29, 0.717) is 4.73 Å². The highest BCUT2D eigenvalue weighted by Crippen LogP contribution is 2.09. The van der Waals surface area contributed by atoms with Crippen LogP contribution >= 0.6 is 0 Å². The largest absolute Gasteiger partial charge is 0.619 e. The molecule has 0 aliphatic rings. The highest BCUT2D eigenvalue weighted by Gasteiger charge is 2.28. The van der Waals surface area contributed by atoms with Crippen molar-refractivity contribution in [1.82, 2.24) is 0 Å². The van der Waals surface area contributed by atoms with Crippen molar-refractivity contribution in [1.29, 1.82) is 0 Å². The zero-order chi connectivity index (χ0) is 10.8. The van der Waals surface area contributed by atoms with E-state index < -0.39 is 11.5 Å². The van der Waals surface area contributed by atoms with Crippen LogP contribution in [0.5, 0.6) is 0 Å². The standard InChI is InChI=1S/C9H12N2O3/c1-9(10,8(12)13)6-7-2-4-11(14)5-3-7/h2-5H,6,10H2,1H3,(H,12,13). The first kappa shape index (κ1) is 10.5. The number of carbonyl (C=O) groups is 1. The fourth-order valence-electron chi connectivity index (χ4n) is 1.06. The third kappa shape index (κ3) is 2.43. The first-order chi connectivity index (χ1) is 6.42. The summed E-state index contributed by atoms with van der Waals surface area (Å²) in [5.74, 6) is -1.06. The van der Waals surface area contributed by atoms with Crippen molar-refractivity contribution in [2.45, 2.75) is 18.9 Å². The molecule has 5 nitrogen and oxygen atoms in total. The average Bonchev–Trinajstić information content (AvgIpc) is 2.08. The number of carboxylic acids is 1. The molecule has 1 aromatic rings. The maximum absolute atomic E-state index is 10.7. The van der Waals surface area contributed by atoms with Crippen LogP contribution in [0.3, 0.4) is 0 Å². The molecule has 5 heteroatoms. The molecule has 1 rings (SSSR count). The Balaban J connectivity index is 2.79. The van der Waals surface area contributed by atoms with Gasteiger partial charge in [-0.05, 0) is 12.5 Å². The summed E-state index contributed by atoms with van der Waals surface area (Å²) in [7, 11) is 0. The van der Waals surface area contributed by atoms with Crippen molar-refractivity contribution in [3.8, 4) is 0 Å². The fraction of sp³-hybridized carbons (Fsp3) is 0.333. The van der Waals surface area contributed by atoms with E-state index in [1.54, 1.807) is 12.1 Å². The number of nitrogens with two attached hydrogens (primary N) is 1. The monoisotopic (exact) mass is 196 g/mol. The van der Waals surface area contributed by atoms with Crippen LogP contribution in [0.4, 0.5) is 0 Å². The molecular formula is C9H12N2O3. The van der Waals surface area contributed by atoms with Crippen molar-refractivity contribution < 1.29 is 14.6 Å². The molecule has 0 aromatic carbocycles. The molecule has 0 fully saturated rings. The molecule has 0 spiro atoms. The van der Waals surface area contributed by atoms with Gasteiger partial charge in [-0.1, -0.05) is 0 Å². The minimum atomic E-state index is -1.30. The van der Waals surface area contributed by atoms with E-state index in [1.165, 1.54) is 19.3 Å². The summed E-state index contributed by atoms with van der Waals surface area (Å²) < 4.78 is 0.637. The smallest absolute Gasteiger partial charge is 0.323 e. The number of hydrogen-bond donors (Lipinski definition) is 2. The second-order valence-corrected chi connectivity index (χ2v) is 3.47. The predicted molar refractivity (Wildman–Crippen MR) is 49.3 cm³/mol. The van der Waals surface area contributed by atoms with E-state index in [0.717, 1.165) is 5.56 Å². The number of nitrogens with zero attached hydrogens (tertiary/aromatic N) is 1. The van der Waals surface area contributed by atoms with Crippen LogP contribution in [0.15, 0.2) is 24.5 Å². The number of aliphatic carboxylic acids is 1. The van der Waals surface area contributed by atoms with Gasteiger partial charge in [-0.15, -0.1) is 0 Å². The van der Waals surface area contributed by atoms with Gasteiger partial charge in [0.15, 0.2) is 12.4 Å². The van der Waals surface area contributed by atoms with Gasteiger partial charge in [-0.25, -0.2) is 0 Å². The van der Waals surface area contributed by atoms with Gasteiger partial charge in [0.05, 0.1) is 0 Å². The molecule has 0 saturated heterocycles. The van der Waals surface area contributed by atoms with E-state index in [9.17, 15) is 10.0 Å². The van der Waals surface area contributed by atoms with Crippen LogP contribution in [0.25, 0.3) is 0 Å². The van der Waals surface area contributed by atoms with Crippen molar-refractivity contribution >= 4 is 5.97 Å². The van der Waals surface area contributed by atoms with Gasteiger partial charge >= 0.3 is 5.97 Å². The van der Waals surface area contributed by atoms with Gasteiger partial charge in [0, 0.05) is 18.6 Å². The predicted octanol–water partition coefficient (Wildman–Crippen LogP) is -0.336. The minimum Gasteiger partial charge on any atom is -0.619 e. The first-order valence-corrected chi connectivity index (χ1v) is 4.12. The molecule has 1 aromatic heterocycles. The lowest BCUT2D eigenvalue weighted by atomic mass is 9.95. The molecule has 1 heterocycles. The molecule has 76 valence electrons. The lowest BCUT2D eigenvalue weighted by Gasteiger charge is -2.18. The van der Waals surface area contributed by atoms with Crippen molar-refractivity contribution in [2.75, 3.05) is 0 Å². The topological polar surface area (TPSA) is 90.3 Å². The van der Waals surface area contributed by atoms with Crippen LogP contribution in [0, 0.1) is 5.21 Å². The van der Waals surface area contributed by atoms with E-state index in [1.807, 2.05) is 0 Å². The lowest BCUT2D eigenvalue weighted by Crippen LogP contribution is -2.46. The van der Waals surface area contributed by atoms with Gasteiger partial charge < -0.3 is 16.0 Å². The Labute approximate surface area is 81.4 Å². The van der Waals surface area contributed by atoms with Crippen molar-refractivity contribution in [3.63, 3.8) is 0 Å². The Kier molecular flexibility index (Phi) is 2.71. The van der Waals surface area contributed by atoms with Gasteiger partial charge in [0.25, 0.3) is 0 Å². The molecule has 3 N–H and O–H groups in total. The summed E-state index contributed by atoms with van der Waals surface area (Å²) in [5.41, 5.74) is 4.97. The zero-order valence-electron chi connectivity index (χ0n) is 7.80. The van der Waals surface area contributed by atoms with Crippen LogP contribution in [0.1, 0.15) is 12.5 Å². The van der Waals surface area contributed by atoms with Gasteiger partial charge in [0.2, 0.25) is 0 Å². The second kappa shape index (κ2) is 3.63. The number of carboxylic acid groups (broad SMARTS) is 1. The molecule has 0 saturated carbocycles.